The van der Waals surface area contributed by atoms with Gasteiger partial charge in [-0.2, -0.15) is 5.26 Å². The van der Waals surface area contributed by atoms with Crippen LogP contribution in [0.15, 0.2) is 11.1 Å². The Labute approximate surface area is 94.6 Å². The number of hydrogen-bond acceptors (Lipinski definition) is 2. The Hall–Kier alpha value is -0.810. The SMILES string of the molecule is CC/C(=C(/C)CCN(C)CC#N)C(C)C. The molecule has 0 aliphatic heterocycles. The number of rotatable bonds is 6. The Kier molecular flexibility index (Phi) is 7.07. The summed E-state index contributed by atoms with van der Waals surface area (Å²) in [5, 5.41) is 8.54. The molecule has 0 aromatic carbocycles. The molecule has 2 nitrogen and oxygen atoms in total. The van der Waals surface area contributed by atoms with Crippen LogP contribution in [-0.2, 0) is 0 Å². The molecule has 0 aliphatic rings. The van der Waals surface area contributed by atoms with Crippen molar-refractivity contribution in [2.75, 3.05) is 20.1 Å². The van der Waals surface area contributed by atoms with Gasteiger partial charge in [-0.25, -0.2) is 0 Å². The Morgan fingerprint density at radius 2 is 2.00 bits per heavy atom. The molecule has 0 saturated carbocycles. The van der Waals surface area contributed by atoms with E-state index in [4.69, 9.17) is 5.26 Å². The molecule has 0 rings (SSSR count). The second-order valence-corrected chi connectivity index (χ2v) is 4.46. The zero-order valence-corrected chi connectivity index (χ0v) is 10.8. The first-order chi connectivity index (χ1) is 7.02. The molecule has 2 heteroatoms. The fraction of sp³-hybridized carbons (Fsp3) is 0.769. The maximum absolute atomic E-state index is 8.54. The first kappa shape index (κ1) is 14.2. The third-order valence-corrected chi connectivity index (χ3v) is 2.84. The maximum Gasteiger partial charge on any atom is 0.0863 e. The topological polar surface area (TPSA) is 27.0 Å². The first-order valence-corrected chi connectivity index (χ1v) is 5.76. The highest BCUT2D eigenvalue weighted by Crippen LogP contribution is 2.20. The van der Waals surface area contributed by atoms with Gasteiger partial charge in [0.2, 0.25) is 0 Å². The van der Waals surface area contributed by atoms with Gasteiger partial charge in [0, 0.05) is 6.54 Å². The molecule has 0 atom stereocenters. The zero-order valence-electron chi connectivity index (χ0n) is 10.8. The van der Waals surface area contributed by atoms with E-state index in [9.17, 15) is 0 Å². The normalized spacial score (nSPS) is 12.9. The molecule has 0 amide bonds. The van der Waals surface area contributed by atoms with Crippen LogP contribution in [0.4, 0.5) is 0 Å². The average Bonchev–Trinajstić information content (AvgIpc) is 2.15. The van der Waals surface area contributed by atoms with E-state index >= 15 is 0 Å². The van der Waals surface area contributed by atoms with Gasteiger partial charge in [0.15, 0.2) is 0 Å². The van der Waals surface area contributed by atoms with Gasteiger partial charge in [-0.05, 0) is 32.7 Å². The first-order valence-electron chi connectivity index (χ1n) is 5.76. The molecule has 0 radical (unpaired) electrons. The third kappa shape index (κ3) is 5.59. The van der Waals surface area contributed by atoms with Gasteiger partial charge in [0.25, 0.3) is 0 Å². The molecule has 0 aliphatic carbocycles. The third-order valence-electron chi connectivity index (χ3n) is 2.84. The number of hydrogen-bond donors (Lipinski definition) is 0. The van der Waals surface area contributed by atoms with Crippen LogP contribution < -0.4 is 0 Å². The highest BCUT2D eigenvalue weighted by molar-refractivity contribution is 5.14. The predicted octanol–water partition coefficient (Wildman–Crippen LogP) is 3.21. The Balaban J connectivity index is 4.22. The maximum atomic E-state index is 8.54. The van der Waals surface area contributed by atoms with Gasteiger partial charge in [0.05, 0.1) is 12.6 Å². The largest absolute Gasteiger partial charge is 0.293 e. The molecule has 0 aromatic heterocycles. The number of allylic oxidation sites excluding steroid dienone is 1. The molecular formula is C13H24N2. The summed E-state index contributed by atoms with van der Waals surface area (Å²) < 4.78 is 0. The van der Waals surface area contributed by atoms with Crippen molar-refractivity contribution in [2.45, 2.75) is 40.5 Å². The summed E-state index contributed by atoms with van der Waals surface area (Å²) in [6.07, 6.45) is 2.23. The van der Waals surface area contributed by atoms with Crippen molar-refractivity contribution in [2.24, 2.45) is 5.92 Å². The smallest absolute Gasteiger partial charge is 0.0863 e. The summed E-state index contributed by atoms with van der Waals surface area (Å²) in [6, 6.07) is 2.17. The van der Waals surface area contributed by atoms with Crippen LogP contribution in [-0.4, -0.2) is 25.0 Å². The Morgan fingerprint density at radius 3 is 2.40 bits per heavy atom. The molecule has 0 spiro atoms. The highest BCUT2D eigenvalue weighted by atomic mass is 15.1. The lowest BCUT2D eigenvalue weighted by molar-refractivity contribution is 0.377. The van der Waals surface area contributed by atoms with Crippen LogP contribution in [0.2, 0.25) is 0 Å². The van der Waals surface area contributed by atoms with Crippen LogP contribution in [0, 0.1) is 17.2 Å². The summed E-state index contributed by atoms with van der Waals surface area (Å²) in [5.74, 6) is 0.649. The summed E-state index contributed by atoms with van der Waals surface area (Å²) in [5.41, 5.74) is 3.07. The van der Waals surface area contributed by atoms with Crippen molar-refractivity contribution in [1.82, 2.24) is 4.90 Å². The van der Waals surface area contributed by atoms with Crippen LogP contribution >= 0.6 is 0 Å². The van der Waals surface area contributed by atoms with E-state index in [0.717, 1.165) is 19.4 Å². The van der Waals surface area contributed by atoms with Crippen molar-refractivity contribution in [3.8, 4) is 6.07 Å². The summed E-state index contributed by atoms with van der Waals surface area (Å²) in [4.78, 5) is 2.07. The molecule has 0 N–H and O–H groups in total. The number of nitrogens with zero attached hydrogens (tertiary/aromatic N) is 2. The fourth-order valence-corrected chi connectivity index (χ4v) is 1.92. The molecule has 0 aromatic rings. The van der Waals surface area contributed by atoms with Crippen LogP contribution in [0.25, 0.3) is 0 Å². The van der Waals surface area contributed by atoms with Gasteiger partial charge in [0.1, 0.15) is 0 Å². The van der Waals surface area contributed by atoms with E-state index in [1.165, 1.54) is 5.57 Å². The highest BCUT2D eigenvalue weighted by Gasteiger charge is 2.06. The van der Waals surface area contributed by atoms with E-state index in [0.29, 0.717) is 12.5 Å². The standard InChI is InChI=1S/C13H24N2/c1-6-13(11(2)3)12(4)7-9-15(5)10-8-14/h11H,6-7,9-10H2,1-5H3/b13-12+. The summed E-state index contributed by atoms with van der Waals surface area (Å²) >= 11 is 0. The average molecular weight is 208 g/mol. The van der Waals surface area contributed by atoms with Gasteiger partial charge in [-0.15, -0.1) is 0 Å². The molecule has 15 heavy (non-hydrogen) atoms. The molecule has 0 fully saturated rings. The van der Waals surface area contributed by atoms with Gasteiger partial charge in [-0.3, -0.25) is 4.90 Å². The minimum atomic E-state index is 0.524. The lowest BCUT2D eigenvalue weighted by Crippen LogP contribution is -2.20. The van der Waals surface area contributed by atoms with Crippen molar-refractivity contribution in [3.63, 3.8) is 0 Å². The number of nitriles is 1. The fourth-order valence-electron chi connectivity index (χ4n) is 1.92. The lowest BCUT2D eigenvalue weighted by Gasteiger charge is -2.17. The van der Waals surface area contributed by atoms with E-state index in [1.807, 2.05) is 7.05 Å². The molecule has 0 unspecified atom stereocenters. The van der Waals surface area contributed by atoms with Crippen molar-refractivity contribution < 1.29 is 0 Å². The second kappa shape index (κ2) is 7.48. The van der Waals surface area contributed by atoms with Crippen molar-refractivity contribution in [1.29, 1.82) is 5.26 Å². The van der Waals surface area contributed by atoms with Crippen molar-refractivity contribution in [3.05, 3.63) is 11.1 Å². The molecule has 0 bridgehead atoms. The van der Waals surface area contributed by atoms with E-state index < -0.39 is 0 Å². The lowest BCUT2D eigenvalue weighted by atomic mass is 9.94. The molecule has 0 saturated heterocycles. The molecular weight excluding hydrogens is 184 g/mol. The quantitative estimate of drug-likeness (QED) is 0.495. The second-order valence-electron chi connectivity index (χ2n) is 4.46. The monoisotopic (exact) mass is 208 g/mol. The molecule has 0 heterocycles. The van der Waals surface area contributed by atoms with E-state index in [-0.39, 0.29) is 0 Å². The van der Waals surface area contributed by atoms with Gasteiger partial charge in [-0.1, -0.05) is 31.9 Å². The predicted molar refractivity (Wildman–Crippen MR) is 65.6 cm³/mol. The van der Waals surface area contributed by atoms with Crippen LogP contribution in [0.5, 0.6) is 0 Å². The van der Waals surface area contributed by atoms with Gasteiger partial charge >= 0.3 is 0 Å². The van der Waals surface area contributed by atoms with E-state index in [2.05, 4.69) is 38.7 Å². The minimum Gasteiger partial charge on any atom is -0.293 e. The van der Waals surface area contributed by atoms with Crippen molar-refractivity contribution >= 4 is 0 Å². The van der Waals surface area contributed by atoms with Gasteiger partial charge < -0.3 is 0 Å². The van der Waals surface area contributed by atoms with Crippen LogP contribution in [0.3, 0.4) is 0 Å². The summed E-state index contributed by atoms with van der Waals surface area (Å²) in [6.45, 7) is 10.4. The minimum absolute atomic E-state index is 0.524. The zero-order chi connectivity index (χ0) is 11.8. The Morgan fingerprint density at radius 1 is 1.40 bits per heavy atom. The molecule has 86 valence electrons. The Bertz CT molecular complexity index is 246. The van der Waals surface area contributed by atoms with Crippen LogP contribution in [0.1, 0.15) is 40.5 Å². The summed E-state index contributed by atoms with van der Waals surface area (Å²) in [7, 11) is 2.00. The van der Waals surface area contributed by atoms with E-state index in [1.54, 1.807) is 5.57 Å².